The first-order valence-corrected chi connectivity index (χ1v) is 7.40. The van der Waals surface area contributed by atoms with Crippen molar-refractivity contribution in [1.82, 2.24) is 5.06 Å². The molecule has 1 unspecified atom stereocenters. The predicted molar refractivity (Wildman–Crippen MR) is 69.0 cm³/mol. The van der Waals surface area contributed by atoms with Crippen LogP contribution in [0.2, 0.25) is 0 Å². The fourth-order valence-corrected chi connectivity index (χ4v) is 5.14. The quantitative estimate of drug-likeness (QED) is 0.640. The highest BCUT2D eigenvalue weighted by molar-refractivity contribution is 6.26. The van der Waals surface area contributed by atoms with Gasteiger partial charge in [0, 0.05) is 5.41 Å². The van der Waals surface area contributed by atoms with Crippen molar-refractivity contribution in [2.24, 2.45) is 16.7 Å². The number of rotatable bonds is 0. The van der Waals surface area contributed by atoms with Crippen LogP contribution in [-0.2, 0) is 9.57 Å². The average Bonchev–Trinajstić information content (AvgIpc) is 2.99. The Kier molecular flexibility index (Phi) is 2.14. The number of alkyl halides is 1. The third-order valence-electron chi connectivity index (χ3n) is 6.53. The fourth-order valence-electron chi connectivity index (χ4n) is 4.94. The molecule has 2 heterocycles. The lowest BCUT2D eigenvalue weighted by atomic mass is 9.70. The average molecular weight is 283 g/mol. The summed E-state index contributed by atoms with van der Waals surface area (Å²) in [5.41, 5.74) is 0.407. The molecule has 2 bridgehead atoms. The van der Waals surface area contributed by atoms with E-state index in [1.165, 1.54) is 12.8 Å². The highest BCUT2D eigenvalue weighted by Crippen LogP contribution is 2.70. The van der Waals surface area contributed by atoms with Gasteiger partial charge in [0.25, 0.3) is 0 Å². The summed E-state index contributed by atoms with van der Waals surface area (Å²) < 4.78 is 6.23. The smallest absolute Gasteiger partial charge is 0.197 e. The molecule has 0 amide bonds. The van der Waals surface area contributed by atoms with Gasteiger partial charge in [-0.05, 0) is 24.2 Å². The molecule has 4 fully saturated rings. The molecular formula is C14H19ClN2O2. The molecule has 2 saturated heterocycles. The molecule has 5 heteroatoms. The van der Waals surface area contributed by atoms with Gasteiger partial charge in [0.15, 0.2) is 11.1 Å². The Bertz CT molecular complexity index is 490. The van der Waals surface area contributed by atoms with Crippen LogP contribution in [0.5, 0.6) is 0 Å². The predicted octanol–water partition coefficient (Wildman–Crippen LogP) is 2.28. The van der Waals surface area contributed by atoms with Crippen molar-refractivity contribution in [2.75, 3.05) is 6.61 Å². The fraction of sp³-hybridized carbons (Fsp3) is 0.929. The lowest BCUT2D eigenvalue weighted by molar-refractivity contribution is -0.175. The van der Waals surface area contributed by atoms with E-state index in [4.69, 9.17) is 21.2 Å². The Hall–Kier alpha value is -0.340. The molecule has 0 aromatic carbocycles. The van der Waals surface area contributed by atoms with Crippen molar-refractivity contribution in [2.45, 2.75) is 56.9 Å². The normalized spacial score (nSPS) is 58.1. The second-order valence-corrected chi connectivity index (χ2v) is 7.97. The van der Waals surface area contributed by atoms with E-state index in [9.17, 15) is 5.26 Å². The molecule has 0 N–H and O–H groups in total. The van der Waals surface area contributed by atoms with Gasteiger partial charge >= 0.3 is 0 Å². The number of hydrogen-bond acceptors (Lipinski definition) is 4. The van der Waals surface area contributed by atoms with Crippen molar-refractivity contribution in [3.8, 4) is 6.07 Å². The summed E-state index contributed by atoms with van der Waals surface area (Å²) in [6, 6.07) is 2.42. The summed E-state index contributed by atoms with van der Waals surface area (Å²) in [5.74, 6) is 0.560. The van der Waals surface area contributed by atoms with Gasteiger partial charge in [-0.25, -0.2) is 0 Å². The number of ether oxygens (including phenoxy) is 1. The van der Waals surface area contributed by atoms with Crippen molar-refractivity contribution in [3.63, 3.8) is 0 Å². The van der Waals surface area contributed by atoms with Gasteiger partial charge < -0.3 is 4.74 Å². The van der Waals surface area contributed by atoms with Gasteiger partial charge in [-0.15, -0.1) is 0 Å². The first-order chi connectivity index (χ1) is 8.85. The molecule has 2 aliphatic carbocycles. The second-order valence-electron chi connectivity index (χ2n) is 7.29. The van der Waals surface area contributed by atoms with Crippen molar-refractivity contribution < 1.29 is 9.57 Å². The molecule has 0 spiro atoms. The van der Waals surface area contributed by atoms with Crippen LogP contribution < -0.4 is 0 Å². The number of nitrogens with zero attached hydrogens (tertiary/aromatic N) is 2. The number of fused-ring (bicyclic) bond motifs is 7. The molecule has 4 aliphatic rings. The second kappa shape index (κ2) is 3.28. The topological polar surface area (TPSA) is 45.5 Å². The maximum Gasteiger partial charge on any atom is 0.197 e. The summed E-state index contributed by atoms with van der Waals surface area (Å²) in [5, 5.41) is 11.2. The molecule has 0 radical (unpaired) electrons. The number of halogens is 1. The van der Waals surface area contributed by atoms with Crippen molar-refractivity contribution in [3.05, 3.63) is 0 Å². The summed E-state index contributed by atoms with van der Waals surface area (Å²) in [6.07, 6.45) is 2.12. The van der Waals surface area contributed by atoms with Gasteiger partial charge in [0.1, 0.15) is 6.61 Å². The van der Waals surface area contributed by atoms with Crippen LogP contribution in [0.15, 0.2) is 0 Å². The number of hydrogen-bond donors (Lipinski definition) is 0. The van der Waals surface area contributed by atoms with Crippen LogP contribution in [0.1, 0.15) is 33.6 Å². The van der Waals surface area contributed by atoms with Gasteiger partial charge in [-0.1, -0.05) is 32.4 Å². The Morgan fingerprint density at radius 2 is 2.11 bits per heavy atom. The molecule has 104 valence electrons. The molecule has 4 rings (SSSR count). The zero-order valence-corrected chi connectivity index (χ0v) is 12.3. The largest absolute Gasteiger partial charge is 0.352 e. The van der Waals surface area contributed by atoms with Gasteiger partial charge in [-0.2, -0.15) is 10.3 Å². The third-order valence-corrected chi connectivity index (χ3v) is 6.91. The van der Waals surface area contributed by atoms with Gasteiger partial charge in [-0.3, -0.25) is 4.84 Å². The first-order valence-electron chi connectivity index (χ1n) is 7.02. The van der Waals surface area contributed by atoms with Crippen LogP contribution in [0, 0.1) is 28.1 Å². The molecule has 19 heavy (non-hydrogen) atoms. The van der Waals surface area contributed by atoms with E-state index in [1.807, 2.05) is 5.06 Å². The van der Waals surface area contributed by atoms with Crippen LogP contribution in [0.25, 0.3) is 0 Å². The molecule has 0 aromatic heterocycles. The van der Waals surface area contributed by atoms with Gasteiger partial charge in [0.05, 0.1) is 18.2 Å². The standard InChI is InChI=1S/C14H19ClN2O2/c1-12(2)8-4-5-13(12,3)10-9(8)17-11(19-10)14(15,6-16)7-18-17/h8-11H,4-5,7H2,1-3H3/t8-,9-,10-,11+,13+,14?/m1/s1. The molecule has 2 aliphatic heterocycles. The van der Waals surface area contributed by atoms with Crippen molar-refractivity contribution in [1.29, 1.82) is 5.26 Å². The van der Waals surface area contributed by atoms with Crippen LogP contribution in [0.4, 0.5) is 0 Å². The highest BCUT2D eigenvalue weighted by atomic mass is 35.5. The van der Waals surface area contributed by atoms with E-state index in [-0.39, 0.29) is 29.6 Å². The molecule has 2 saturated carbocycles. The van der Waals surface area contributed by atoms with Crippen LogP contribution >= 0.6 is 11.6 Å². The Labute approximate surface area is 118 Å². The lowest BCUT2D eigenvalue weighted by Crippen LogP contribution is -2.42. The van der Waals surface area contributed by atoms with Crippen molar-refractivity contribution >= 4 is 11.6 Å². The maximum atomic E-state index is 9.28. The maximum absolute atomic E-state index is 9.28. The van der Waals surface area contributed by atoms with E-state index in [1.54, 1.807) is 0 Å². The molecule has 0 aromatic rings. The SMILES string of the molecule is CC1(C)[C@@H]2CC[C@@]1(C)[C@@H]1O[C@@H]3N(OCC3(Cl)C#N)[C@H]21. The monoisotopic (exact) mass is 282 g/mol. The van der Waals surface area contributed by atoms with E-state index < -0.39 is 11.1 Å². The van der Waals surface area contributed by atoms with E-state index in [2.05, 4.69) is 26.8 Å². The zero-order valence-electron chi connectivity index (χ0n) is 11.5. The number of hydroxylamine groups is 2. The van der Waals surface area contributed by atoms with E-state index in [0.29, 0.717) is 5.92 Å². The summed E-state index contributed by atoms with van der Waals surface area (Å²) >= 11 is 6.35. The molecule has 6 atom stereocenters. The minimum absolute atomic E-state index is 0.137. The van der Waals surface area contributed by atoms with E-state index >= 15 is 0 Å². The Morgan fingerprint density at radius 1 is 1.37 bits per heavy atom. The lowest BCUT2D eigenvalue weighted by Gasteiger charge is -2.38. The molecule has 4 nitrogen and oxygen atoms in total. The third kappa shape index (κ3) is 1.14. The van der Waals surface area contributed by atoms with E-state index in [0.717, 1.165) is 0 Å². The minimum Gasteiger partial charge on any atom is -0.352 e. The van der Waals surface area contributed by atoms with Crippen LogP contribution in [0.3, 0.4) is 0 Å². The minimum atomic E-state index is -1.05. The Balaban J connectivity index is 1.75. The highest BCUT2D eigenvalue weighted by Gasteiger charge is 2.74. The molecular weight excluding hydrogens is 264 g/mol. The zero-order chi connectivity index (χ0) is 13.6. The van der Waals surface area contributed by atoms with Gasteiger partial charge in [0.2, 0.25) is 0 Å². The summed E-state index contributed by atoms with van der Waals surface area (Å²) in [4.78, 5) is 4.69. The summed E-state index contributed by atoms with van der Waals surface area (Å²) in [7, 11) is 0. The summed E-state index contributed by atoms with van der Waals surface area (Å²) in [6.45, 7) is 7.23. The number of nitriles is 1. The first kappa shape index (κ1) is 12.4. The van der Waals surface area contributed by atoms with Crippen LogP contribution in [-0.4, -0.2) is 34.9 Å². The Morgan fingerprint density at radius 3 is 2.79 bits per heavy atom.